The molecule has 0 spiro atoms. The lowest BCUT2D eigenvalue weighted by molar-refractivity contribution is -0.119. The summed E-state index contributed by atoms with van der Waals surface area (Å²) in [6.07, 6.45) is 2.54. The highest BCUT2D eigenvalue weighted by Crippen LogP contribution is 1.96. The molecule has 0 fully saturated rings. The van der Waals surface area contributed by atoms with Crippen molar-refractivity contribution in [2.24, 2.45) is 0 Å². The molecule has 0 rings (SSSR count). The molecule has 0 heterocycles. The second-order valence-corrected chi connectivity index (χ2v) is 2.10. The van der Waals surface area contributed by atoms with Gasteiger partial charge in [-0.15, -0.1) is 0 Å². The van der Waals surface area contributed by atoms with Gasteiger partial charge in [-0.1, -0.05) is 6.92 Å². The maximum atomic E-state index is 10.7. The summed E-state index contributed by atoms with van der Waals surface area (Å²) in [7, 11) is 0. The standard InChI is InChI=1S/C7H13O2/c1-2-4-7(9)5-3-6-8/h2-6H2,1H3. The molecule has 0 aromatic carbocycles. The number of hydrogen-bond donors (Lipinski definition) is 0. The molecule has 0 aliphatic rings. The SMILES string of the molecule is CCCC(=O)CCC[O]. The van der Waals surface area contributed by atoms with Gasteiger partial charge in [0, 0.05) is 12.8 Å². The quantitative estimate of drug-likeness (QED) is 0.555. The van der Waals surface area contributed by atoms with Gasteiger partial charge in [-0.2, -0.15) is 0 Å². The molecule has 0 aliphatic heterocycles. The topological polar surface area (TPSA) is 37.0 Å². The van der Waals surface area contributed by atoms with Gasteiger partial charge in [0.2, 0.25) is 0 Å². The summed E-state index contributed by atoms with van der Waals surface area (Å²) >= 11 is 0. The average Bonchev–Trinajstić information content (AvgIpc) is 1.85. The van der Waals surface area contributed by atoms with Crippen molar-refractivity contribution in [2.75, 3.05) is 6.61 Å². The van der Waals surface area contributed by atoms with Crippen molar-refractivity contribution in [1.29, 1.82) is 0 Å². The van der Waals surface area contributed by atoms with Crippen LogP contribution in [0.4, 0.5) is 0 Å². The molecule has 0 N–H and O–H groups in total. The van der Waals surface area contributed by atoms with E-state index in [1.54, 1.807) is 0 Å². The smallest absolute Gasteiger partial charge is 0.132 e. The highest BCUT2D eigenvalue weighted by atomic mass is 16.3. The summed E-state index contributed by atoms with van der Waals surface area (Å²) in [5, 5.41) is 9.89. The van der Waals surface area contributed by atoms with Gasteiger partial charge < -0.3 is 0 Å². The second-order valence-electron chi connectivity index (χ2n) is 2.10. The van der Waals surface area contributed by atoms with Gasteiger partial charge in [0.05, 0.1) is 6.61 Å². The van der Waals surface area contributed by atoms with Crippen LogP contribution in [0.1, 0.15) is 32.6 Å². The Morgan fingerprint density at radius 1 is 1.33 bits per heavy atom. The number of rotatable bonds is 5. The Kier molecular flexibility index (Phi) is 5.52. The van der Waals surface area contributed by atoms with E-state index in [9.17, 15) is 9.90 Å². The van der Waals surface area contributed by atoms with Crippen molar-refractivity contribution in [3.05, 3.63) is 0 Å². The summed E-state index contributed by atoms with van der Waals surface area (Å²) in [4.78, 5) is 10.7. The molecule has 0 bridgehead atoms. The minimum Gasteiger partial charge on any atom is -0.300 e. The second kappa shape index (κ2) is 5.76. The normalized spacial score (nSPS) is 9.56. The summed E-state index contributed by atoms with van der Waals surface area (Å²) < 4.78 is 0. The molecule has 0 aromatic heterocycles. The van der Waals surface area contributed by atoms with Gasteiger partial charge in [0.15, 0.2) is 0 Å². The Hall–Kier alpha value is -0.370. The third kappa shape index (κ3) is 5.50. The molecule has 0 unspecified atom stereocenters. The third-order valence-electron chi connectivity index (χ3n) is 1.13. The lowest BCUT2D eigenvalue weighted by Gasteiger charge is -1.93. The lowest BCUT2D eigenvalue weighted by atomic mass is 10.1. The fraction of sp³-hybridized carbons (Fsp3) is 0.857. The first-order valence-electron chi connectivity index (χ1n) is 3.41. The molecule has 2 nitrogen and oxygen atoms in total. The Morgan fingerprint density at radius 2 is 2.00 bits per heavy atom. The molecule has 2 heteroatoms. The van der Waals surface area contributed by atoms with Crippen molar-refractivity contribution < 1.29 is 9.90 Å². The molecule has 0 amide bonds. The Morgan fingerprint density at radius 3 is 2.44 bits per heavy atom. The third-order valence-corrected chi connectivity index (χ3v) is 1.13. The molecule has 0 aromatic rings. The van der Waals surface area contributed by atoms with E-state index in [-0.39, 0.29) is 12.4 Å². The molecule has 0 aliphatic carbocycles. The number of carbonyl (C=O) groups excluding carboxylic acids is 1. The largest absolute Gasteiger partial charge is 0.300 e. The van der Waals surface area contributed by atoms with E-state index in [1.807, 2.05) is 6.92 Å². The van der Waals surface area contributed by atoms with E-state index in [1.165, 1.54) is 0 Å². The fourth-order valence-corrected chi connectivity index (χ4v) is 0.673. The maximum absolute atomic E-state index is 10.7. The van der Waals surface area contributed by atoms with Crippen LogP contribution in [0.3, 0.4) is 0 Å². The van der Waals surface area contributed by atoms with Crippen LogP contribution >= 0.6 is 0 Å². The number of ketones is 1. The first kappa shape index (κ1) is 8.63. The van der Waals surface area contributed by atoms with Gasteiger partial charge >= 0.3 is 0 Å². The van der Waals surface area contributed by atoms with E-state index >= 15 is 0 Å². The van der Waals surface area contributed by atoms with Gasteiger partial charge in [-0.25, -0.2) is 5.11 Å². The molecular formula is C7H13O2. The zero-order valence-electron chi connectivity index (χ0n) is 5.85. The molecule has 9 heavy (non-hydrogen) atoms. The summed E-state index contributed by atoms with van der Waals surface area (Å²) in [5.74, 6) is 0.230. The lowest BCUT2D eigenvalue weighted by Crippen LogP contribution is -1.97. The van der Waals surface area contributed by atoms with Gasteiger partial charge in [-0.05, 0) is 12.8 Å². The van der Waals surface area contributed by atoms with Gasteiger partial charge in [-0.3, -0.25) is 4.79 Å². The predicted octanol–water partition coefficient (Wildman–Crippen LogP) is 1.57. The number of carbonyl (C=O) groups is 1. The Balaban J connectivity index is 3.06. The molecule has 0 atom stereocenters. The van der Waals surface area contributed by atoms with Crippen LogP contribution in [0.5, 0.6) is 0 Å². The fourth-order valence-electron chi connectivity index (χ4n) is 0.673. The van der Waals surface area contributed by atoms with Crippen LogP contribution in [0.25, 0.3) is 0 Å². The zero-order valence-corrected chi connectivity index (χ0v) is 5.85. The summed E-state index contributed by atoms with van der Waals surface area (Å²) in [6.45, 7) is 1.85. The molecular weight excluding hydrogens is 116 g/mol. The molecule has 0 saturated carbocycles. The highest BCUT2D eigenvalue weighted by molar-refractivity contribution is 5.78. The van der Waals surface area contributed by atoms with Crippen molar-refractivity contribution in [3.63, 3.8) is 0 Å². The van der Waals surface area contributed by atoms with E-state index < -0.39 is 0 Å². The predicted molar refractivity (Wildman–Crippen MR) is 34.7 cm³/mol. The monoisotopic (exact) mass is 129 g/mol. The number of Topliss-reactive ketones (excluding diaryl/α,β-unsaturated/α-hetero) is 1. The van der Waals surface area contributed by atoms with Crippen LogP contribution in [0.2, 0.25) is 0 Å². The van der Waals surface area contributed by atoms with Crippen LogP contribution in [-0.2, 0) is 9.90 Å². The maximum Gasteiger partial charge on any atom is 0.132 e. The van der Waals surface area contributed by atoms with Crippen molar-refractivity contribution in [1.82, 2.24) is 0 Å². The van der Waals surface area contributed by atoms with E-state index in [2.05, 4.69) is 0 Å². The minimum atomic E-state index is -0.116. The van der Waals surface area contributed by atoms with Gasteiger partial charge in [0.1, 0.15) is 5.78 Å². The zero-order chi connectivity index (χ0) is 7.11. The molecule has 53 valence electrons. The van der Waals surface area contributed by atoms with E-state index in [0.29, 0.717) is 19.3 Å². The average molecular weight is 129 g/mol. The van der Waals surface area contributed by atoms with Crippen LogP contribution < -0.4 is 0 Å². The summed E-state index contributed by atoms with van der Waals surface area (Å²) in [5.41, 5.74) is 0. The van der Waals surface area contributed by atoms with Crippen LogP contribution in [-0.4, -0.2) is 12.4 Å². The van der Waals surface area contributed by atoms with E-state index in [0.717, 1.165) is 6.42 Å². The van der Waals surface area contributed by atoms with Crippen molar-refractivity contribution >= 4 is 5.78 Å². The van der Waals surface area contributed by atoms with Crippen molar-refractivity contribution in [3.8, 4) is 0 Å². The van der Waals surface area contributed by atoms with E-state index in [4.69, 9.17) is 0 Å². The van der Waals surface area contributed by atoms with Crippen LogP contribution in [0.15, 0.2) is 0 Å². The minimum absolute atomic E-state index is 0.116. The summed E-state index contributed by atoms with van der Waals surface area (Å²) in [6, 6.07) is 0. The molecule has 0 saturated heterocycles. The first-order valence-corrected chi connectivity index (χ1v) is 3.41. The van der Waals surface area contributed by atoms with Gasteiger partial charge in [0.25, 0.3) is 0 Å². The highest BCUT2D eigenvalue weighted by Gasteiger charge is 1.97. The van der Waals surface area contributed by atoms with Crippen LogP contribution in [0, 0.1) is 0 Å². The Bertz CT molecular complexity index is 79.0. The number of hydrogen-bond acceptors (Lipinski definition) is 1. The van der Waals surface area contributed by atoms with Crippen molar-refractivity contribution in [2.45, 2.75) is 32.6 Å². The first-order chi connectivity index (χ1) is 4.31. The molecule has 1 radical (unpaired) electrons. The Labute approximate surface area is 55.9 Å².